The summed E-state index contributed by atoms with van der Waals surface area (Å²) in [4.78, 5) is 19.4. The first-order valence-corrected chi connectivity index (χ1v) is 8.35. The lowest BCUT2D eigenvalue weighted by molar-refractivity contribution is -0.199. The molecule has 1 aromatic rings. The van der Waals surface area contributed by atoms with Gasteiger partial charge in [0.15, 0.2) is 0 Å². The zero-order valence-electron chi connectivity index (χ0n) is 13.2. The maximum atomic E-state index is 12.6. The van der Waals surface area contributed by atoms with Crippen molar-refractivity contribution < 1.29 is 19.4 Å². The summed E-state index contributed by atoms with van der Waals surface area (Å²) >= 11 is 1.29. The topological polar surface area (TPSA) is 71.9 Å². The molecule has 1 spiro atoms. The van der Waals surface area contributed by atoms with E-state index in [-0.39, 0.29) is 23.5 Å². The van der Waals surface area contributed by atoms with Gasteiger partial charge in [0.2, 0.25) is 0 Å². The van der Waals surface area contributed by atoms with Crippen molar-refractivity contribution in [2.45, 2.75) is 38.4 Å². The van der Waals surface area contributed by atoms with Crippen molar-refractivity contribution >= 4 is 17.2 Å². The maximum Gasteiger partial charge on any atom is 0.273 e. The van der Waals surface area contributed by atoms with E-state index in [2.05, 4.69) is 4.98 Å². The fraction of sp³-hybridized carbons (Fsp3) is 0.733. The summed E-state index contributed by atoms with van der Waals surface area (Å²) in [6, 6.07) is 0. The largest absolute Gasteiger partial charge is 0.473 e. The number of hydrogen-bond acceptors (Lipinski definition) is 6. The second kappa shape index (κ2) is 5.79. The number of aromatic nitrogens is 1. The first-order valence-electron chi connectivity index (χ1n) is 7.53. The summed E-state index contributed by atoms with van der Waals surface area (Å²) < 4.78 is 10.6. The van der Waals surface area contributed by atoms with Crippen LogP contribution in [0.4, 0.5) is 0 Å². The highest BCUT2D eigenvalue weighted by Gasteiger charge is 2.56. The van der Waals surface area contributed by atoms with Crippen LogP contribution in [0.1, 0.15) is 34.6 Å². The van der Waals surface area contributed by atoms with E-state index < -0.39 is 0 Å². The van der Waals surface area contributed by atoms with Crippen LogP contribution in [0.25, 0.3) is 0 Å². The Hall–Kier alpha value is -1.18. The molecule has 0 bridgehead atoms. The third-order valence-corrected chi connectivity index (χ3v) is 6.26. The predicted molar refractivity (Wildman–Crippen MR) is 82.4 cm³/mol. The quantitative estimate of drug-likeness (QED) is 0.910. The molecule has 2 atom stereocenters. The second-order valence-electron chi connectivity index (χ2n) is 6.10. The summed E-state index contributed by atoms with van der Waals surface area (Å²) in [5.41, 5.74) is 0.553. The number of thiazole rings is 1. The van der Waals surface area contributed by atoms with Crippen LogP contribution >= 0.6 is 11.3 Å². The molecule has 1 aliphatic carbocycles. The zero-order chi connectivity index (χ0) is 15.9. The lowest BCUT2D eigenvalue weighted by Crippen LogP contribution is -2.62. The molecule has 6 nitrogen and oxygen atoms in total. The Morgan fingerprint density at radius 2 is 2.09 bits per heavy atom. The van der Waals surface area contributed by atoms with Gasteiger partial charge in [-0.05, 0) is 19.8 Å². The second-order valence-corrected chi connectivity index (χ2v) is 7.06. The monoisotopic (exact) mass is 326 g/mol. The highest BCUT2D eigenvalue weighted by molar-refractivity contribution is 7.15. The third-order valence-electron chi connectivity index (χ3n) is 5.15. The molecule has 1 saturated carbocycles. The van der Waals surface area contributed by atoms with Crippen molar-refractivity contribution in [1.29, 1.82) is 0 Å². The fourth-order valence-electron chi connectivity index (χ4n) is 3.64. The minimum absolute atomic E-state index is 0.0101. The highest BCUT2D eigenvalue weighted by Crippen LogP contribution is 2.50. The molecular weight excluding hydrogens is 304 g/mol. The molecule has 3 rings (SSSR count). The Morgan fingerprint density at radius 1 is 1.41 bits per heavy atom. The number of piperidine rings is 1. The number of methoxy groups -OCH3 is 2. The Morgan fingerprint density at radius 3 is 2.59 bits per heavy atom. The lowest BCUT2D eigenvalue weighted by atomic mass is 9.58. The van der Waals surface area contributed by atoms with Gasteiger partial charge in [-0.25, -0.2) is 4.98 Å². The van der Waals surface area contributed by atoms with Crippen LogP contribution in [0.15, 0.2) is 0 Å². The van der Waals surface area contributed by atoms with Gasteiger partial charge in [0.05, 0.1) is 25.0 Å². The van der Waals surface area contributed by atoms with Gasteiger partial charge in [0.1, 0.15) is 4.88 Å². The van der Waals surface area contributed by atoms with Crippen molar-refractivity contribution in [2.75, 3.05) is 27.3 Å². The molecule has 1 amide bonds. The molecule has 1 saturated heterocycles. The summed E-state index contributed by atoms with van der Waals surface area (Å²) in [6.07, 6.45) is 2.08. The summed E-state index contributed by atoms with van der Waals surface area (Å²) in [7, 11) is 3.25. The Labute approximate surface area is 134 Å². The van der Waals surface area contributed by atoms with Crippen LogP contribution in [0.3, 0.4) is 0 Å². The number of rotatable bonds is 3. The van der Waals surface area contributed by atoms with Crippen LogP contribution in [-0.4, -0.2) is 60.4 Å². The molecule has 0 aromatic carbocycles. The average molecular weight is 326 g/mol. The van der Waals surface area contributed by atoms with Crippen molar-refractivity contribution in [1.82, 2.24) is 9.88 Å². The van der Waals surface area contributed by atoms with Crippen LogP contribution in [0.2, 0.25) is 0 Å². The molecule has 1 aromatic heterocycles. The summed E-state index contributed by atoms with van der Waals surface area (Å²) in [5.74, 6) is 0.0101. The number of aliphatic hydroxyl groups is 1. The third kappa shape index (κ3) is 2.31. The maximum absolute atomic E-state index is 12.6. The van der Waals surface area contributed by atoms with Gasteiger partial charge >= 0.3 is 0 Å². The van der Waals surface area contributed by atoms with Crippen molar-refractivity contribution in [2.24, 2.45) is 5.41 Å². The van der Waals surface area contributed by atoms with Gasteiger partial charge in [0, 0.05) is 32.0 Å². The predicted octanol–water partition coefficient (Wildman–Crippen LogP) is 1.46. The van der Waals surface area contributed by atoms with E-state index in [1.54, 1.807) is 14.2 Å². The number of carbonyl (C=O) groups is 1. The highest BCUT2D eigenvalue weighted by atomic mass is 32.1. The van der Waals surface area contributed by atoms with E-state index in [0.717, 1.165) is 12.8 Å². The summed E-state index contributed by atoms with van der Waals surface area (Å²) in [5, 5.41) is 10.7. The van der Waals surface area contributed by atoms with E-state index in [4.69, 9.17) is 9.47 Å². The number of aliphatic hydroxyl groups excluding tert-OH is 1. The van der Waals surface area contributed by atoms with Crippen molar-refractivity contribution in [3.63, 3.8) is 0 Å². The fourth-order valence-corrected chi connectivity index (χ4v) is 4.49. The van der Waals surface area contributed by atoms with Gasteiger partial charge in [-0.1, -0.05) is 11.3 Å². The Balaban J connectivity index is 1.68. The molecule has 7 heteroatoms. The van der Waals surface area contributed by atoms with Gasteiger partial charge < -0.3 is 19.5 Å². The van der Waals surface area contributed by atoms with E-state index in [1.807, 2.05) is 11.8 Å². The number of ether oxygens (including phenoxy) is 2. The Bertz CT molecular complexity index is 566. The normalized spacial score (nSPS) is 26.8. The van der Waals surface area contributed by atoms with Crippen LogP contribution in [0.5, 0.6) is 5.19 Å². The smallest absolute Gasteiger partial charge is 0.273 e. The standard InChI is InChI=1S/C15H22N2O4S/c1-9-12(22-14(16-9)21-3)13(19)17-6-4-15(5-7-17)10(18)8-11(15)20-2/h10-11,18H,4-8H2,1-3H3/t10-,11+/m0/s1. The molecule has 2 fully saturated rings. The van der Waals surface area contributed by atoms with Crippen molar-refractivity contribution in [3.8, 4) is 5.19 Å². The van der Waals surface area contributed by atoms with Crippen LogP contribution in [0, 0.1) is 12.3 Å². The molecule has 122 valence electrons. The van der Waals surface area contributed by atoms with Crippen molar-refractivity contribution in [3.05, 3.63) is 10.6 Å². The lowest BCUT2D eigenvalue weighted by Gasteiger charge is -2.56. The average Bonchev–Trinajstić information content (AvgIpc) is 2.92. The number of carbonyl (C=O) groups excluding carboxylic acids is 1. The van der Waals surface area contributed by atoms with Crippen LogP contribution in [-0.2, 0) is 4.74 Å². The minimum Gasteiger partial charge on any atom is -0.473 e. The minimum atomic E-state index is -0.306. The number of hydrogen-bond donors (Lipinski definition) is 1. The molecular formula is C15H22N2O4S. The van der Waals surface area contributed by atoms with E-state index in [0.29, 0.717) is 35.3 Å². The number of likely N-dealkylation sites (tertiary alicyclic amines) is 1. The first-order chi connectivity index (χ1) is 10.5. The summed E-state index contributed by atoms with van der Waals surface area (Å²) in [6.45, 7) is 3.12. The van der Waals surface area contributed by atoms with Crippen LogP contribution < -0.4 is 4.74 Å². The zero-order valence-corrected chi connectivity index (χ0v) is 14.0. The first kappa shape index (κ1) is 15.7. The van der Waals surface area contributed by atoms with E-state index >= 15 is 0 Å². The Kier molecular flexibility index (Phi) is 4.13. The molecule has 0 radical (unpaired) electrons. The molecule has 0 unspecified atom stereocenters. The molecule has 22 heavy (non-hydrogen) atoms. The number of aryl methyl sites for hydroxylation is 1. The van der Waals surface area contributed by atoms with E-state index in [1.165, 1.54) is 11.3 Å². The molecule has 1 N–H and O–H groups in total. The molecule has 1 aliphatic heterocycles. The van der Waals surface area contributed by atoms with Gasteiger partial charge in [0.25, 0.3) is 11.1 Å². The van der Waals surface area contributed by atoms with Gasteiger partial charge in [-0.2, -0.15) is 0 Å². The number of nitrogens with zero attached hydrogens (tertiary/aromatic N) is 2. The number of amides is 1. The van der Waals surface area contributed by atoms with Gasteiger partial charge in [-0.3, -0.25) is 4.79 Å². The van der Waals surface area contributed by atoms with E-state index in [9.17, 15) is 9.90 Å². The molecule has 2 aliphatic rings. The molecule has 2 heterocycles. The van der Waals surface area contributed by atoms with Gasteiger partial charge in [-0.15, -0.1) is 0 Å². The SMILES string of the molecule is COc1nc(C)c(C(=O)N2CCC3(CC2)[C@@H](O)C[C@H]3OC)s1.